The zero-order valence-electron chi connectivity index (χ0n) is 6.17. The van der Waals surface area contributed by atoms with Crippen molar-refractivity contribution in [2.45, 2.75) is 25.5 Å². The highest BCUT2D eigenvalue weighted by Gasteiger charge is 2.40. The van der Waals surface area contributed by atoms with Gasteiger partial charge in [0, 0.05) is 5.92 Å². The molecule has 2 saturated heterocycles. The summed E-state index contributed by atoms with van der Waals surface area (Å²) >= 11 is 0. The lowest BCUT2D eigenvalue weighted by atomic mass is 9.98. The fourth-order valence-corrected chi connectivity index (χ4v) is 1.75. The highest BCUT2D eigenvalue weighted by molar-refractivity contribution is 4.88. The Labute approximate surface area is 60.6 Å². The third-order valence-electron chi connectivity index (χ3n) is 2.40. The second kappa shape index (κ2) is 2.49. The lowest BCUT2D eigenvalue weighted by molar-refractivity contribution is 0.0174. The molecule has 58 valence electrons. The molecule has 0 radical (unpaired) electrons. The van der Waals surface area contributed by atoms with E-state index < -0.39 is 0 Å². The summed E-state index contributed by atoms with van der Waals surface area (Å²) in [6, 6.07) is 0.463. The second-order valence-electron chi connectivity index (χ2n) is 2.98. The normalized spacial score (nSPS) is 45.9. The topological polar surface area (TPSA) is 30.5 Å². The van der Waals surface area contributed by atoms with Gasteiger partial charge in [0.2, 0.25) is 0 Å². The summed E-state index contributed by atoms with van der Waals surface area (Å²) < 4.78 is 5.53. The SMILES string of the molecule is CC[C@H]1OCC2NOC[C@@H]21. The van der Waals surface area contributed by atoms with Gasteiger partial charge in [-0.25, -0.2) is 0 Å². The molecule has 2 fully saturated rings. The molecule has 0 aromatic heterocycles. The lowest BCUT2D eigenvalue weighted by Gasteiger charge is -2.11. The Morgan fingerprint density at radius 1 is 1.50 bits per heavy atom. The number of hydrogen-bond acceptors (Lipinski definition) is 3. The molecule has 0 amide bonds. The molecule has 0 aromatic carbocycles. The molecule has 0 bridgehead atoms. The first-order chi connectivity index (χ1) is 4.92. The van der Waals surface area contributed by atoms with Gasteiger partial charge < -0.3 is 9.57 Å². The minimum atomic E-state index is 0.431. The smallest absolute Gasteiger partial charge is 0.0752 e. The van der Waals surface area contributed by atoms with E-state index in [0.717, 1.165) is 19.6 Å². The molecule has 2 heterocycles. The first kappa shape index (κ1) is 6.58. The van der Waals surface area contributed by atoms with Crippen LogP contribution < -0.4 is 5.48 Å². The van der Waals surface area contributed by atoms with Gasteiger partial charge in [-0.2, -0.15) is 5.48 Å². The zero-order chi connectivity index (χ0) is 6.97. The van der Waals surface area contributed by atoms with Gasteiger partial charge >= 0.3 is 0 Å². The van der Waals surface area contributed by atoms with Crippen LogP contribution >= 0.6 is 0 Å². The van der Waals surface area contributed by atoms with E-state index in [1.54, 1.807) is 0 Å². The minimum Gasteiger partial charge on any atom is -0.376 e. The number of ether oxygens (including phenoxy) is 1. The van der Waals surface area contributed by atoms with Crippen LogP contribution in [0.3, 0.4) is 0 Å². The maximum Gasteiger partial charge on any atom is 0.0752 e. The summed E-state index contributed by atoms with van der Waals surface area (Å²) in [4.78, 5) is 5.11. The molecule has 0 aliphatic carbocycles. The van der Waals surface area contributed by atoms with Crippen LogP contribution in [0.4, 0.5) is 0 Å². The van der Waals surface area contributed by atoms with Gasteiger partial charge in [-0.3, -0.25) is 0 Å². The number of rotatable bonds is 1. The molecule has 2 aliphatic rings. The monoisotopic (exact) mass is 143 g/mol. The Bertz CT molecular complexity index is 129. The largest absolute Gasteiger partial charge is 0.376 e. The molecule has 0 spiro atoms. The van der Waals surface area contributed by atoms with Crippen LogP contribution in [-0.4, -0.2) is 25.4 Å². The van der Waals surface area contributed by atoms with Crippen LogP contribution in [0.25, 0.3) is 0 Å². The van der Waals surface area contributed by atoms with Gasteiger partial charge in [-0.15, -0.1) is 0 Å². The Morgan fingerprint density at radius 3 is 3.20 bits per heavy atom. The predicted octanol–water partition coefficient (Wildman–Crippen LogP) is 0.315. The average molecular weight is 143 g/mol. The van der Waals surface area contributed by atoms with Crippen LogP contribution in [0.15, 0.2) is 0 Å². The average Bonchev–Trinajstić information content (AvgIpc) is 2.44. The number of hydroxylamine groups is 1. The highest BCUT2D eigenvalue weighted by Crippen LogP contribution is 2.27. The van der Waals surface area contributed by atoms with E-state index in [2.05, 4.69) is 12.4 Å². The van der Waals surface area contributed by atoms with Crippen LogP contribution in [0, 0.1) is 5.92 Å². The lowest BCUT2D eigenvalue weighted by Crippen LogP contribution is -2.26. The summed E-state index contributed by atoms with van der Waals surface area (Å²) in [5, 5.41) is 0. The van der Waals surface area contributed by atoms with Gasteiger partial charge in [0.1, 0.15) is 0 Å². The number of nitrogens with one attached hydrogen (secondary N) is 1. The summed E-state index contributed by atoms with van der Waals surface area (Å²) in [6.45, 7) is 3.80. The number of fused-ring (bicyclic) bond motifs is 1. The Morgan fingerprint density at radius 2 is 2.40 bits per heavy atom. The summed E-state index contributed by atoms with van der Waals surface area (Å²) in [7, 11) is 0. The third kappa shape index (κ3) is 0.856. The van der Waals surface area contributed by atoms with Crippen LogP contribution in [0.5, 0.6) is 0 Å². The van der Waals surface area contributed by atoms with Crippen molar-refractivity contribution in [3.05, 3.63) is 0 Å². The molecular formula is C7H13NO2. The fourth-order valence-electron chi connectivity index (χ4n) is 1.75. The molecule has 0 aromatic rings. The molecule has 3 nitrogen and oxygen atoms in total. The van der Waals surface area contributed by atoms with Crippen LogP contribution in [0.1, 0.15) is 13.3 Å². The van der Waals surface area contributed by atoms with Crippen molar-refractivity contribution in [2.24, 2.45) is 5.92 Å². The summed E-state index contributed by atoms with van der Waals surface area (Å²) in [5.74, 6) is 0.602. The van der Waals surface area contributed by atoms with E-state index in [1.807, 2.05) is 0 Å². The highest BCUT2D eigenvalue weighted by atomic mass is 16.7. The van der Waals surface area contributed by atoms with Crippen molar-refractivity contribution in [1.82, 2.24) is 5.48 Å². The predicted molar refractivity (Wildman–Crippen MR) is 36.4 cm³/mol. The minimum absolute atomic E-state index is 0.431. The molecule has 0 saturated carbocycles. The van der Waals surface area contributed by atoms with Gasteiger partial charge in [0.25, 0.3) is 0 Å². The van der Waals surface area contributed by atoms with Gasteiger partial charge in [-0.05, 0) is 6.42 Å². The van der Waals surface area contributed by atoms with Crippen LogP contribution in [0.2, 0.25) is 0 Å². The number of hydrogen-bond donors (Lipinski definition) is 1. The quantitative estimate of drug-likeness (QED) is 0.573. The Kier molecular flexibility index (Phi) is 1.64. The van der Waals surface area contributed by atoms with Gasteiger partial charge in [0.05, 0.1) is 25.4 Å². The molecule has 2 rings (SSSR count). The van der Waals surface area contributed by atoms with Crippen molar-refractivity contribution in [1.29, 1.82) is 0 Å². The van der Waals surface area contributed by atoms with E-state index >= 15 is 0 Å². The van der Waals surface area contributed by atoms with Crippen molar-refractivity contribution in [3.63, 3.8) is 0 Å². The van der Waals surface area contributed by atoms with E-state index in [4.69, 9.17) is 9.57 Å². The van der Waals surface area contributed by atoms with E-state index in [-0.39, 0.29) is 0 Å². The maximum absolute atomic E-state index is 5.53. The maximum atomic E-state index is 5.53. The molecular weight excluding hydrogens is 130 g/mol. The van der Waals surface area contributed by atoms with Crippen molar-refractivity contribution < 1.29 is 9.57 Å². The third-order valence-corrected chi connectivity index (χ3v) is 2.40. The molecule has 2 aliphatic heterocycles. The summed E-state index contributed by atoms with van der Waals surface area (Å²) in [5.41, 5.74) is 2.96. The van der Waals surface area contributed by atoms with Crippen molar-refractivity contribution in [3.8, 4) is 0 Å². The first-order valence-corrected chi connectivity index (χ1v) is 3.90. The van der Waals surface area contributed by atoms with Gasteiger partial charge in [0.15, 0.2) is 0 Å². The molecule has 1 N–H and O–H groups in total. The first-order valence-electron chi connectivity index (χ1n) is 3.90. The molecule has 1 unspecified atom stereocenters. The zero-order valence-corrected chi connectivity index (χ0v) is 6.17. The summed E-state index contributed by atoms with van der Waals surface area (Å²) in [6.07, 6.45) is 1.53. The second-order valence-corrected chi connectivity index (χ2v) is 2.98. The molecule has 3 atom stereocenters. The Hall–Kier alpha value is -0.120. The molecule has 10 heavy (non-hydrogen) atoms. The van der Waals surface area contributed by atoms with Crippen molar-refractivity contribution >= 4 is 0 Å². The standard InChI is InChI=1S/C7H13NO2/c1-2-7-5-3-10-8-6(5)4-9-7/h5-8H,2-4H2,1H3/t5-,6?,7+/m0/s1. The fraction of sp³-hybridized carbons (Fsp3) is 1.00. The Balaban J connectivity index is 2.01. The van der Waals surface area contributed by atoms with E-state index in [9.17, 15) is 0 Å². The van der Waals surface area contributed by atoms with E-state index in [0.29, 0.717) is 18.1 Å². The van der Waals surface area contributed by atoms with Crippen molar-refractivity contribution in [2.75, 3.05) is 13.2 Å². The molecule has 3 heteroatoms. The van der Waals surface area contributed by atoms with Gasteiger partial charge in [-0.1, -0.05) is 6.92 Å². The van der Waals surface area contributed by atoms with Crippen LogP contribution in [-0.2, 0) is 9.57 Å². The van der Waals surface area contributed by atoms with E-state index in [1.165, 1.54) is 0 Å².